The maximum Gasteiger partial charge on any atom is 0.274 e. The van der Waals surface area contributed by atoms with E-state index in [1.54, 1.807) is 0 Å². The first-order valence-corrected chi connectivity index (χ1v) is 10.4. The lowest BCUT2D eigenvalue weighted by atomic mass is 10.1. The van der Waals surface area contributed by atoms with Crippen molar-refractivity contribution in [3.05, 3.63) is 35.8 Å². The second-order valence-corrected chi connectivity index (χ2v) is 8.41. The Kier molecular flexibility index (Phi) is 4.40. The minimum Gasteiger partial charge on any atom is -0.337 e. The Bertz CT molecular complexity index is 840. The minimum absolute atomic E-state index is 0.111. The zero-order chi connectivity index (χ0) is 18.4. The highest BCUT2D eigenvalue weighted by Gasteiger charge is 2.35. The summed E-state index contributed by atoms with van der Waals surface area (Å²) < 4.78 is 2.12. The maximum absolute atomic E-state index is 13.1. The zero-order valence-electron chi connectivity index (χ0n) is 16.2. The van der Waals surface area contributed by atoms with Crippen molar-refractivity contribution in [2.24, 2.45) is 0 Å². The number of hydrogen-bond donors (Lipinski definition) is 0. The van der Waals surface area contributed by atoms with E-state index in [-0.39, 0.29) is 5.91 Å². The number of nitrogens with zero attached hydrogens (tertiary/aromatic N) is 5. The normalized spacial score (nSPS) is 26.8. The quantitative estimate of drug-likeness (QED) is 0.835. The first-order valence-electron chi connectivity index (χ1n) is 10.4. The molecule has 5 heterocycles. The number of carbonyl (C=O) groups excluding carboxylic acids is 1. The number of likely N-dealkylation sites (N-methyl/N-ethyl adjacent to an activating group) is 1. The van der Waals surface area contributed by atoms with Crippen LogP contribution in [0.1, 0.15) is 48.3 Å². The smallest absolute Gasteiger partial charge is 0.274 e. The molecule has 2 aromatic heterocycles. The van der Waals surface area contributed by atoms with Crippen LogP contribution in [0.2, 0.25) is 0 Å². The molecule has 0 unspecified atom stereocenters. The van der Waals surface area contributed by atoms with Crippen LogP contribution in [0.15, 0.2) is 24.4 Å². The largest absolute Gasteiger partial charge is 0.337 e. The number of fused-ring (bicyclic) bond motifs is 3. The van der Waals surface area contributed by atoms with Gasteiger partial charge in [-0.1, -0.05) is 6.07 Å². The van der Waals surface area contributed by atoms with Gasteiger partial charge in [0.2, 0.25) is 0 Å². The molecule has 1 amide bonds. The summed E-state index contributed by atoms with van der Waals surface area (Å²) >= 11 is 0. The Labute approximate surface area is 160 Å². The lowest BCUT2D eigenvalue weighted by Gasteiger charge is -2.26. The van der Waals surface area contributed by atoms with Crippen molar-refractivity contribution in [2.75, 3.05) is 33.2 Å². The number of pyridine rings is 1. The highest BCUT2D eigenvalue weighted by Crippen LogP contribution is 2.29. The summed E-state index contributed by atoms with van der Waals surface area (Å²) in [6.45, 7) is 4.72. The molecule has 144 valence electrons. The van der Waals surface area contributed by atoms with Crippen LogP contribution in [0.5, 0.6) is 0 Å². The predicted molar refractivity (Wildman–Crippen MR) is 105 cm³/mol. The monoisotopic (exact) mass is 367 g/mol. The molecule has 0 saturated carbocycles. The number of aromatic nitrogens is 2. The molecular weight excluding hydrogens is 338 g/mol. The number of imidazole rings is 1. The number of carbonyl (C=O) groups is 1. The van der Waals surface area contributed by atoms with E-state index in [4.69, 9.17) is 4.98 Å². The average molecular weight is 367 g/mol. The Hall–Kier alpha value is -1.92. The van der Waals surface area contributed by atoms with Gasteiger partial charge in [0, 0.05) is 51.0 Å². The number of amides is 1. The van der Waals surface area contributed by atoms with Crippen LogP contribution < -0.4 is 0 Å². The van der Waals surface area contributed by atoms with Crippen LogP contribution in [0, 0.1) is 0 Å². The van der Waals surface area contributed by atoms with Gasteiger partial charge in [-0.15, -0.1) is 0 Å². The standard InChI is InChI=1S/C21H29N5O/c1-23-16-7-8-17(23)14-24(13-9-16)15-18-20(21(27)25-10-4-5-11-25)22-19-6-2-3-12-26(18)19/h2-3,6,12,16-17H,4-5,7-11,13-15H2,1H3/t16-,17+/m0/s1. The van der Waals surface area contributed by atoms with Crippen molar-refractivity contribution < 1.29 is 4.79 Å². The fourth-order valence-electron chi connectivity index (χ4n) is 5.17. The van der Waals surface area contributed by atoms with Crippen LogP contribution in [0.4, 0.5) is 0 Å². The van der Waals surface area contributed by atoms with Crippen LogP contribution in [-0.4, -0.2) is 75.3 Å². The van der Waals surface area contributed by atoms with E-state index < -0.39 is 0 Å². The molecule has 6 nitrogen and oxygen atoms in total. The van der Waals surface area contributed by atoms with E-state index in [1.165, 1.54) is 19.3 Å². The lowest BCUT2D eigenvalue weighted by Crippen LogP contribution is -2.37. The second kappa shape index (κ2) is 6.91. The molecule has 0 aliphatic carbocycles. The van der Waals surface area contributed by atoms with Gasteiger partial charge in [-0.05, 0) is 51.3 Å². The fourth-order valence-corrected chi connectivity index (χ4v) is 5.17. The van der Waals surface area contributed by atoms with E-state index in [0.717, 1.165) is 62.9 Å². The third-order valence-corrected chi connectivity index (χ3v) is 6.83. The third kappa shape index (κ3) is 3.05. The average Bonchev–Trinajstić information content (AvgIpc) is 3.37. The molecule has 2 aromatic rings. The van der Waals surface area contributed by atoms with Gasteiger partial charge in [0.15, 0.2) is 5.69 Å². The molecule has 0 radical (unpaired) electrons. The summed E-state index contributed by atoms with van der Waals surface area (Å²) in [6.07, 6.45) is 8.12. The zero-order valence-corrected chi connectivity index (χ0v) is 16.2. The highest BCUT2D eigenvalue weighted by atomic mass is 16.2. The van der Waals surface area contributed by atoms with Crippen molar-refractivity contribution >= 4 is 11.6 Å². The van der Waals surface area contributed by atoms with Gasteiger partial charge >= 0.3 is 0 Å². The van der Waals surface area contributed by atoms with E-state index in [1.807, 2.05) is 23.1 Å². The summed E-state index contributed by atoms with van der Waals surface area (Å²) in [4.78, 5) is 25.0. The Morgan fingerprint density at radius 3 is 2.78 bits per heavy atom. The van der Waals surface area contributed by atoms with Gasteiger partial charge in [-0.25, -0.2) is 4.98 Å². The van der Waals surface area contributed by atoms with Crippen LogP contribution in [0.3, 0.4) is 0 Å². The van der Waals surface area contributed by atoms with E-state index in [0.29, 0.717) is 11.7 Å². The van der Waals surface area contributed by atoms with E-state index >= 15 is 0 Å². The van der Waals surface area contributed by atoms with Crippen molar-refractivity contribution in [1.82, 2.24) is 24.1 Å². The van der Waals surface area contributed by atoms with Crippen molar-refractivity contribution in [3.8, 4) is 0 Å². The Balaban J connectivity index is 1.46. The van der Waals surface area contributed by atoms with Gasteiger partial charge < -0.3 is 9.30 Å². The van der Waals surface area contributed by atoms with Gasteiger partial charge in [-0.2, -0.15) is 0 Å². The number of rotatable bonds is 3. The number of hydrogen-bond acceptors (Lipinski definition) is 4. The SMILES string of the molecule is CN1[C@H]2CC[C@@H]1CN(Cc1c(C(=O)N3CCCC3)nc3ccccn13)CC2. The molecular formula is C21H29N5O. The van der Waals surface area contributed by atoms with Crippen LogP contribution in [-0.2, 0) is 6.54 Å². The molecule has 3 fully saturated rings. The lowest BCUT2D eigenvalue weighted by molar-refractivity contribution is 0.0785. The van der Waals surface area contributed by atoms with E-state index in [2.05, 4.69) is 27.4 Å². The van der Waals surface area contributed by atoms with Gasteiger partial charge in [0.25, 0.3) is 5.91 Å². The van der Waals surface area contributed by atoms with Crippen molar-refractivity contribution in [1.29, 1.82) is 0 Å². The van der Waals surface area contributed by atoms with Crippen LogP contribution in [0.25, 0.3) is 5.65 Å². The molecule has 0 spiro atoms. The van der Waals surface area contributed by atoms with Gasteiger partial charge in [0.1, 0.15) is 5.65 Å². The molecule has 27 heavy (non-hydrogen) atoms. The number of likely N-dealkylation sites (tertiary alicyclic amines) is 2. The topological polar surface area (TPSA) is 44.1 Å². The maximum atomic E-state index is 13.1. The highest BCUT2D eigenvalue weighted by molar-refractivity contribution is 5.94. The second-order valence-electron chi connectivity index (χ2n) is 8.41. The Morgan fingerprint density at radius 2 is 1.93 bits per heavy atom. The molecule has 5 rings (SSSR count). The van der Waals surface area contributed by atoms with E-state index in [9.17, 15) is 4.79 Å². The van der Waals surface area contributed by atoms with Crippen LogP contribution >= 0.6 is 0 Å². The minimum atomic E-state index is 0.111. The molecule has 2 bridgehead atoms. The molecule has 3 aliphatic heterocycles. The Morgan fingerprint density at radius 1 is 1.11 bits per heavy atom. The van der Waals surface area contributed by atoms with Gasteiger partial charge in [-0.3, -0.25) is 14.6 Å². The molecule has 0 N–H and O–H groups in total. The molecule has 3 saturated heterocycles. The third-order valence-electron chi connectivity index (χ3n) is 6.83. The van der Waals surface area contributed by atoms with Crippen molar-refractivity contribution in [2.45, 2.75) is 50.7 Å². The van der Waals surface area contributed by atoms with Crippen molar-refractivity contribution in [3.63, 3.8) is 0 Å². The molecule has 2 atom stereocenters. The first-order chi connectivity index (χ1) is 13.2. The fraction of sp³-hybridized carbons (Fsp3) is 0.619. The summed E-state index contributed by atoms with van der Waals surface area (Å²) in [6, 6.07) is 7.40. The molecule has 3 aliphatic rings. The summed E-state index contributed by atoms with van der Waals surface area (Å²) in [5, 5.41) is 0. The summed E-state index contributed by atoms with van der Waals surface area (Å²) in [5.41, 5.74) is 2.59. The summed E-state index contributed by atoms with van der Waals surface area (Å²) in [7, 11) is 2.28. The molecule has 6 heteroatoms. The van der Waals surface area contributed by atoms with Gasteiger partial charge in [0.05, 0.1) is 5.69 Å². The first kappa shape index (κ1) is 17.2. The predicted octanol–water partition coefficient (Wildman–Crippen LogP) is 2.24. The summed E-state index contributed by atoms with van der Waals surface area (Å²) in [5.74, 6) is 0.111. The molecule has 0 aromatic carbocycles.